The molecule has 1 nitrogen and oxygen atoms in total. The molecule has 1 heterocycles. The molecule has 1 aromatic carbocycles. The standard InChI is InChI=1S/C12H7F4N/c13-10-4-2-1-3-9(10)8-5-6-17-11(7-8)12(14,15)16/h1-7H. The Balaban J connectivity index is 2.51. The molecule has 0 radical (unpaired) electrons. The quantitative estimate of drug-likeness (QED) is 0.690. The van der Waals surface area contributed by atoms with Crippen LogP contribution in [-0.4, -0.2) is 4.98 Å². The number of nitrogens with zero attached hydrogens (tertiary/aromatic N) is 1. The Labute approximate surface area is 94.7 Å². The first kappa shape index (κ1) is 11.6. The summed E-state index contributed by atoms with van der Waals surface area (Å²) in [6.45, 7) is 0. The van der Waals surface area contributed by atoms with Crippen LogP contribution in [0, 0.1) is 5.82 Å². The Bertz CT molecular complexity index is 534. The lowest BCUT2D eigenvalue weighted by molar-refractivity contribution is -0.141. The van der Waals surface area contributed by atoms with Gasteiger partial charge < -0.3 is 0 Å². The predicted octanol–water partition coefficient (Wildman–Crippen LogP) is 3.91. The Morgan fingerprint density at radius 3 is 2.35 bits per heavy atom. The number of pyridine rings is 1. The Kier molecular flexibility index (Phi) is 2.83. The van der Waals surface area contributed by atoms with Crippen molar-refractivity contribution in [1.82, 2.24) is 4.98 Å². The number of alkyl halides is 3. The topological polar surface area (TPSA) is 12.9 Å². The van der Waals surface area contributed by atoms with Crippen LogP contribution in [0.5, 0.6) is 0 Å². The minimum absolute atomic E-state index is 0.125. The number of rotatable bonds is 1. The van der Waals surface area contributed by atoms with Crippen LogP contribution in [0.3, 0.4) is 0 Å². The fourth-order valence-corrected chi connectivity index (χ4v) is 1.45. The summed E-state index contributed by atoms with van der Waals surface area (Å²) in [5.74, 6) is -0.563. The van der Waals surface area contributed by atoms with Crippen LogP contribution in [0.4, 0.5) is 17.6 Å². The maximum atomic E-state index is 13.4. The van der Waals surface area contributed by atoms with Gasteiger partial charge in [-0.15, -0.1) is 0 Å². The summed E-state index contributed by atoms with van der Waals surface area (Å²) >= 11 is 0. The first-order valence-electron chi connectivity index (χ1n) is 4.76. The van der Waals surface area contributed by atoms with Gasteiger partial charge in [0, 0.05) is 11.8 Å². The number of benzene rings is 1. The Hall–Kier alpha value is -1.91. The van der Waals surface area contributed by atoms with Crippen LogP contribution in [0.15, 0.2) is 42.6 Å². The van der Waals surface area contributed by atoms with Crippen molar-refractivity contribution in [2.45, 2.75) is 6.18 Å². The van der Waals surface area contributed by atoms with Crippen molar-refractivity contribution in [3.05, 3.63) is 54.1 Å². The van der Waals surface area contributed by atoms with Gasteiger partial charge in [0.2, 0.25) is 0 Å². The second kappa shape index (κ2) is 4.16. The third-order valence-corrected chi connectivity index (χ3v) is 2.24. The molecule has 0 aliphatic heterocycles. The molecule has 1 aromatic heterocycles. The van der Waals surface area contributed by atoms with E-state index in [-0.39, 0.29) is 11.1 Å². The first-order chi connectivity index (χ1) is 7.98. The average molecular weight is 241 g/mol. The lowest BCUT2D eigenvalue weighted by atomic mass is 10.1. The molecule has 0 saturated heterocycles. The zero-order valence-electron chi connectivity index (χ0n) is 8.50. The van der Waals surface area contributed by atoms with Crippen molar-refractivity contribution >= 4 is 0 Å². The number of hydrogen-bond donors (Lipinski definition) is 0. The van der Waals surface area contributed by atoms with Gasteiger partial charge in [0.25, 0.3) is 0 Å². The van der Waals surface area contributed by atoms with E-state index in [4.69, 9.17) is 0 Å². The van der Waals surface area contributed by atoms with Gasteiger partial charge in [-0.2, -0.15) is 13.2 Å². The van der Waals surface area contributed by atoms with Crippen LogP contribution in [0.25, 0.3) is 11.1 Å². The highest BCUT2D eigenvalue weighted by Gasteiger charge is 2.32. The molecule has 2 rings (SSSR count). The molecule has 0 amide bonds. The third-order valence-electron chi connectivity index (χ3n) is 2.24. The maximum Gasteiger partial charge on any atom is 0.433 e. The highest BCUT2D eigenvalue weighted by atomic mass is 19.4. The van der Waals surface area contributed by atoms with E-state index in [0.29, 0.717) is 0 Å². The lowest BCUT2D eigenvalue weighted by Gasteiger charge is -2.08. The van der Waals surface area contributed by atoms with Crippen LogP contribution < -0.4 is 0 Å². The molecule has 0 aliphatic carbocycles. The molecule has 0 bridgehead atoms. The molecule has 0 fully saturated rings. The van der Waals surface area contributed by atoms with Gasteiger partial charge in [-0.3, -0.25) is 4.98 Å². The first-order valence-corrected chi connectivity index (χ1v) is 4.76. The zero-order chi connectivity index (χ0) is 12.5. The van der Waals surface area contributed by atoms with Gasteiger partial charge >= 0.3 is 6.18 Å². The van der Waals surface area contributed by atoms with Crippen molar-refractivity contribution in [2.24, 2.45) is 0 Å². The van der Waals surface area contributed by atoms with Crippen LogP contribution in [0.2, 0.25) is 0 Å². The molecule has 17 heavy (non-hydrogen) atoms. The summed E-state index contributed by atoms with van der Waals surface area (Å²) in [5, 5.41) is 0. The van der Waals surface area contributed by atoms with E-state index in [1.807, 2.05) is 0 Å². The summed E-state index contributed by atoms with van der Waals surface area (Å²) in [6, 6.07) is 7.83. The summed E-state index contributed by atoms with van der Waals surface area (Å²) in [5.41, 5.74) is -0.746. The summed E-state index contributed by atoms with van der Waals surface area (Å²) in [7, 11) is 0. The summed E-state index contributed by atoms with van der Waals surface area (Å²) < 4.78 is 50.7. The molecule has 0 aliphatic rings. The minimum atomic E-state index is -4.53. The van der Waals surface area contributed by atoms with Gasteiger partial charge in [-0.05, 0) is 23.8 Å². The maximum absolute atomic E-state index is 13.4. The van der Waals surface area contributed by atoms with Gasteiger partial charge in [0.05, 0.1) is 0 Å². The Morgan fingerprint density at radius 1 is 1.00 bits per heavy atom. The fraction of sp³-hybridized carbons (Fsp3) is 0.0833. The van der Waals surface area contributed by atoms with E-state index in [1.165, 1.54) is 24.3 Å². The van der Waals surface area contributed by atoms with Crippen molar-refractivity contribution in [3.63, 3.8) is 0 Å². The molecule has 0 N–H and O–H groups in total. The Morgan fingerprint density at radius 2 is 1.71 bits per heavy atom. The second-order valence-electron chi connectivity index (χ2n) is 3.41. The highest BCUT2D eigenvalue weighted by Crippen LogP contribution is 2.31. The van der Waals surface area contributed by atoms with Crippen molar-refractivity contribution in [2.75, 3.05) is 0 Å². The normalized spacial score (nSPS) is 11.5. The van der Waals surface area contributed by atoms with Crippen molar-refractivity contribution in [3.8, 4) is 11.1 Å². The second-order valence-corrected chi connectivity index (χ2v) is 3.41. The smallest absolute Gasteiger partial charge is 0.252 e. The number of aromatic nitrogens is 1. The molecular formula is C12H7F4N. The molecule has 5 heteroatoms. The zero-order valence-corrected chi connectivity index (χ0v) is 8.50. The third kappa shape index (κ3) is 2.43. The average Bonchev–Trinajstić information content (AvgIpc) is 2.29. The minimum Gasteiger partial charge on any atom is -0.252 e. The van der Waals surface area contributed by atoms with Crippen molar-refractivity contribution in [1.29, 1.82) is 0 Å². The van der Waals surface area contributed by atoms with Crippen LogP contribution in [-0.2, 0) is 6.18 Å². The van der Waals surface area contributed by atoms with E-state index >= 15 is 0 Å². The summed E-state index contributed by atoms with van der Waals surface area (Å²) in [6.07, 6.45) is -3.51. The van der Waals surface area contributed by atoms with Crippen LogP contribution in [0.1, 0.15) is 5.69 Å². The van der Waals surface area contributed by atoms with Crippen molar-refractivity contribution < 1.29 is 17.6 Å². The number of halogens is 4. The van der Waals surface area contributed by atoms with Gasteiger partial charge in [-0.1, -0.05) is 18.2 Å². The predicted molar refractivity (Wildman–Crippen MR) is 54.6 cm³/mol. The molecule has 0 spiro atoms. The highest BCUT2D eigenvalue weighted by molar-refractivity contribution is 5.64. The van der Waals surface area contributed by atoms with E-state index in [9.17, 15) is 17.6 Å². The summed E-state index contributed by atoms with van der Waals surface area (Å²) in [4.78, 5) is 3.22. The van der Waals surface area contributed by atoms with E-state index in [0.717, 1.165) is 12.3 Å². The van der Waals surface area contributed by atoms with Crippen LogP contribution >= 0.6 is 0 Å². The fourth-order valence-electron chi connectivity index (χ4n) is 1.45. The monoisotopic (exact) mass is 241 g/mol. The molecule has 0 atom stereocenters. The number of hydrogen-bond acceptors (Lipinski definition) is 1. The molecule has 2 aromatic rings. The van der Waals surface area contributed by atoms with Gasteiger partial charge in [0.15, 0.2) is 0 Å². The lowest BCUT2D eigenvalue weighted by Crippen LogP contribution is -2.07. The molecule has 0 saturated carbocycles. The van der Waals surface area contributed by atoms with E-state index in [2.05, 4.69) is 4.98 Å². The molecular weight excluding hydrogens is 234 g/mol. The van der Waals surface area contributed by atoms with Gasteiger partial charge in [-0.25, -0.2) is 4.39 Å². The molecule has 88 valence electrons. The molecule has 0 unspecified atom stereocenters. The van der Waals surface area contributed by atoms with Gasteiger partial charge in [0.1, 0.15) is 11.5 Å². The van der Waals surface area contributed by atoms with E-state index in [1.54, 1.807) is 6.07 Å². The SMILES string of the molecule is Fc1ccccc1-c1ccnc(C(F)(F)F)c1. The largest absolute Gasteiger partial charge is 0.433 e. The van der Waals surface area contributed by atoms with E-state index < -0.39 is 17.7 Å².